The number of aryl methyl sites for hydroxylation is 2. The molecule has 0 radical (unpaired) electrons. The lowest BCUT2D eigenvalue weighted by Gasteiger charge is -2.11. The van der Waals surface area contributed by atoms with Crippen LogP contribution in [0.5, 0.6) is 5.75 Å². The lowest BCUT2D eigenvalue weighted by molar-refractivity contribution is -0.119. The number of rotatable bonds is 8. The molecule has 152 valence electrons. The van der Waals surface area contributed by atoms with Crippen LogP contribution in [0.1, 0.15) is 49.3 Å². The smallest absolute Gasteiger partial charge is 0.264 e. The van der Waals surface area contributed by atoms with Crippen molar-refractivity contribution in [2.45, 2.75) is 51.3 Å². The van der Waals surface area contributed by atoms with Gasteiger partial charge in [0.15, 0.2) is 0 Å². The van der Waals surface area contributed by atoms with Crippen LogP contribution in [0.4, 0.5) is 0 Å². The van der Waals surface area contributed by atoms with Crippen molar-refractivity contribution in [2.75, 3.05) is 6.61 Å². The zero-order valence-electron chi connectivity index (χ0n) is 16.6. The molecule has 28 heavy (non-hydrogen) atoms. The molecule has 0 aliphatic heterocycles. The number of sulfonamides is 1. The summed E-state index contributed by atoms with van der Waals surface area (Å²) in [5.74, 6) is 0.428. The number of carbonyl (C=O) groups excluding carboxylic acids is 1. The lowest BCUT2D eigenvalue weighted by Crippen LogP contribution is -2.30. The summed E-state index contributed by atoms with van der Waals surface area (Å²) in [6.45, 7) is 8.15. The molecule has 0 aliphatic rings. The van der Waals surface area contributed by atoms with Gasteiger partial charge in [-0.2, -0.15) is 0 Å². The first-order valence-corrected chi connectivity index (χ1v) is 11.0. The average molecular weight is 424 g/mol. The fourth-order valence-corrected chi connectivity index (χ4v) is 3.83. The van der Waals surface area contributed by atoms with Gasteiger partial charge >= 0.3 is 0 Å². The monoisotopic (exact) mass is 423 g/mol. The molecule has 2 aromatic rings. The molecule has 0 bridgehead atoms. The van der Waals surface area contributed by atoms with E-state index in [1.165, 1.54) is 12.1 Å². The summed E-state index contributed by atoms with van der Waals surface area (Å²) in [6, 6.07) is 10.2. The molecule has 0 aromatic heterocycles. The van der Waals surface area contributed by atoms with Gasteiger partial charge < -0.3 is 4.74 Å². The molecule has 0 saturated carbocycles. The Bertz CT molecular complexity index is 914. The quantitative estimate of drug-likeness (QED) is 0.622. The van der Waals surface area contributed by atoms with Crippen LogP contribution in [-0.4, -0.2) is 20.9 Å². The minimum absolute atomic E-state index is 0.0505. The van der Waals surface area contributed by atoms with Gasteiger partial charge in [0.2, 0.25) is 5.91 Å². The molecule has 1 N–H and O–H groups in total. The predicted octanol–water partition coefficient (Wildman–Crippen LogP) is 4.74. The third-order valence-corrected chi connectivity index (χ3v) is 6.32. The first-order chi connectivity index (χ1) is 13.1. The second-order valence-corrected chi connectivity index (χ2v) is 9.14. The minimum atomic E-state index is -3.86. The summed E-state index contributed by atoms with van der Waals surface area (Å²) in [5, 5.41) is 0.707. The van der Waals surface area contributed by atoms with E-state index >= 15 is 0 Å². The Kier molecular flexibility index (Phi) is 7.49. The zero-order chi connectivity index (χ0) is 20.9. The van der Waals surface area contributed by atoms with Gasteiger partial charge in [0.05, 0.1) is 11.5 Å². The van der Waals surface area contributed by atoms with Gasteiger partial charge in [-0.15, -0.1) is 0 Å². The Morgan fingerprint density at radius 2 is 1.68 bits per heavy atom. The molecule has 0 aliphatic carbocycles. The summed E-state index contributed by atoms with van der Waals surface area (Å²) >= 11 is 6.12. The molecule has 2 rings (SSSR count). The number of carbonyl (C=O) groups is 1. The Balaban J connectivity index is 1.84. The number of hydrogen-bond acceptors (Lipinski definition) is 4. The highest BCUT2D eigenvalue weighted by Crippen LogP contribution is 2.26. The fraction of sp³-hybridized carbons (Fsp3) is 0.381. The van der Waals surface area contributed by atoms with Gasteiger partial charge in [-0.25, -0.2) is 13.1 Å². The molecular formula is C21H26ClNO4S. The van der Waals surface area contributed by atoms with Crippen molar-refractivity contribution in [3.8, 4) is 5.75 Å². The molecule has 5 nitrogen and oxygen atoms in total. The number of amides is 1. The molecule has 0 spiro atoms. The topological polar surface area (TPSA) is 72.5 Å². The van der Waals surface area contributed by atoms with Gasteiger partial charge in [-0.05, 0) is 67.1 Å². The van der Waals surface area contributed by atoms with E-state index in [4.69, 9.17) is 16.3 Å². The zero-order valence-corrected chi connectivity index (χ0v) is 18.2. The van der Waals surface area contributed by atoms with Crippen LogP contribution in [0.25, 0.3) is 0 Å². The largest absolute Gasteiger partial charge is 0.494 e. The van der Waals surface area contributed by atoms with E-state index in [1.807, 2.05) is 39.8 Å². The van der Waals surface area contributed by atoms with Gasteiger partial charge in [-0.3, -0.25) is 4.79 Å². The normalized spacial score (nSPS) is 11.5. The molecular weight excluding hydrogens is 398 g/mol. The van der Waals surface area contributed by atoms with Crippen molar-refractivity contribution >= 4 is 27.5 Å². The first kappa shape index (κ1) is 22.2. The maximum Gasteiger partial charge on any atom is 0.264 e. The first-order valence-electron chi connectivity index (χ1n) is 9.15. The third kappa shape index (κ3) is 5.97. The lowest BCUT2D eigenvalue weighted by atomic mass is 10.0. The molecule has 7 heteroatoms. The van der Waals surface area contributed by atoms with E-state index in [9.17, 15) is 13.2 Å². The van der Waals surface area contributed by atoms with Crippen LogP contribution in [0.3, 0.4) is 0 Å². The molecule has 0 atom stereocenters. The summed E-state index contributed by atoms with van der Waals surface area (Å²) < 4.78 is 32.4. The minimum Gasteiger partial charge on any atom is -0.494 e. The summed E-state index contributed by atoms with van der Waals surface area (Å²) in [4.78, 5) is 12.1. The molecule has 2 aromatic carbocycles. The predicted molar refractivity (Wildman–Crippen MR) is 112 cm³/mol. The van der Waals surface area contributed by atoms with Crippen LogP contribution in [-0.2, 0) is 14.8 Å². The van der Waals surface area contributed by atoms with Crippen LogP contribution in [0.15, 0.2) is 41.3 Å². The Morgan fingerprint density at radius 3 is 2.21 bits per heavy atom. The standard InChI is InChI=1S/C21H26ClNO4S/c1-14(2)17-7-9-19(10-8-17)28(25,26)23-20(24)6-5-11-27-18-12-15(3)21(22)16(4)13-18/h7-10,12-14H,5-6,11H2,1-4H3,(H,23,24). The molecule has 1 amide bonds. The van der Waals surface area contributed by atoms with Crippen molar-refractivity contribution in [3.63, 3.8) is 0 Å². The average Bonchev–Trinajstić information content (AvgIpc) is 2.63. The van der Waals surface area contributed by atoms with Gasteiger partial charge in [0.1, 0.15) is 5.75 Å². The molecule has 0 unspecified atom stereocenters. The second kappa shape index (κ2) is 9.43. The van der Waals surface area contributed by atoms with E-state index in [0.717, 1.165) is 16.7 Å². The maximum atomic E-state index is 12.3. The van der Waals surface area contributed by atoms with Crippen LogP contribution in [0.2, 0.25) is 5.02 Å². The van der Waals surface area contributed by atoms with E-state index in [-0.39, 0.29) is 11.3 Å². The maximum absolute atomic E-state index is 12.3. The van der Waals surface area contributed by atoms with Crippen molar-refractivity contribution in [2.24, 2.45) is 0 Å². The summed E-state index contributed by atoms with van der Waals surface area (Å²) in [7, 11) is -3.86. The Labute approximate surface area is 172 Å². The van der Waals surface area contributed by atoms with Gasteiger partial charge in [0.25, 0.3) is 10.0 Å². The highest BCUT2D eigenvalue weighted by Gasteiger charge is 2.17. The van der Waals surface area contributed by atoms with Gasteiger partial charge in [0, 0.05) is 11.4 Å². The van der Waals surface area contributed by atoms with E-state index < -0.39 is 15.9 Å². The Morgan fingerprint density at radius 1 is 1.11 bits per heavy atom. The van der Waals surface area contributed by atoms with Crippen molar-refractivity contribution in [3.05, 3.63) is 58.1 Å². The van der Waals surface area contributed by atoms with E-state index in [1.54, 1.807) is 12.1 Å². The number of ether oxygens (including phenoxy) is 1. The molecule has 0 fully saturated rings. The number of benzene rings is 2. The SMILES string of the molecule is Cc1cc(OCCCC(=O)NS(=O)(=O)c2ccc(C(C)C)cc2)cc(C)c1Cl. The summed E-state index contributed by atoms with van der Waals surface area (Å²) in [5.41, 5.74) is 2.88. The number of hydrogen-bond donors (Lipinski definition) is 1. The third-order valence-electron chi connectivity index (χ3n) is 4.33. The van der Waals surface area contributed by atoms with Crippen LogP contribution >= 0.6 is 11.6 Å². The number of halogens is 1. The number of nitrogens with one attached hydrogen (secondary N) is 1. The Hall–Kier alpha value is -2.05. The fourth-order valence-electron chi connectivity index (χ4n) is 2.70. The highest BCUT2D eigenvalue weighted by molar-refractivity contribution is 7.90. The van der Waals surface area contributed by atoms with Crippen molar-refractivity contribution < 1.29 is 17.9 Å². The van der Waals surface area contributed by atoms with Crippen molar-refractivity contribution in [1.29, 1.82) is 0 Å². The highest BCUT2D eigenvalue weighted by atomic mass is 35.5. The molecule has 0 heterocycles. The van der Waals surface area contributed by atoms with Crippen molar-refractivity contribution in [1.82, 2.24) is 4.72 Å². The van der Waals surface area contributed by atoms with Crippen LogP contribution in [0, 0.1) is 13.8 Å². The molecule has 0 saturated heterocycles. The van der Waals surface area contributed by atoms with E-state index in [2.05, 4.69) is 4.72 Å². The van der Waals surface area contributed by atoms with Crippen LogP contribution < -0.4 is 9.46 Å². The summed E-state index contributed by atoms with van der Waals surface area (Å²) in [6.07, 6.45) is 0.448. The van der Waals surface area contributed by atoms with Gasteiger partial charge in [-0.1, -0.05) is 37.6 Å². The van der Waals surface area contributed by atoms with E-state index in [0.29, 0.717) is 29.7 Å². The second-order valence-electron chi connectivity index (χ2n) is 7.08.